The topological polar surface area (TPSA) is 57.5 Å². The maximum absolute atomic E-state index is 10.8. The molecule has 0 saturated heterocycles. The summed E-state index contributed by atoms with van der Waals surface area (Å²) in [7, 11) is 0. The van der Waals surface area contributed by atoms with Crippen molar-refractivity contribution in [2.24, 2.45) is 11.8 Å². The van der Waals surface area contributed by atoms with Crippen molar-refractivity contribution < 1.29 is 15.0 Å². The number of carbonyl (C=O) groups is 1. The van der Waals surface area contributed by atoms with Crippen LogP contribution in [0.3, 0.4) is 0 Å². The standard InChI is InChI=1S/C13H24O3/c14-10-4-2-1-3-5-11-6-8-12(9-7-11)13(15)16/h11-12,14H,1-10H2,(H,15,16). The van der Waals surface area contributed by atoms with Gasteiger partial charge in [-0.05, 0) is 38.0 Å². The van der Waals surface area contributed by atoms with Gasteiger partial charge in [-0.1, -0.05) is 25.7 Å². The summed E-state index contributed by atoms with van der Waals surface area (Å²) >= 11 is 0. The first kappa shape index (κ1) is 13.5. The molecule has 0 aromatic rings. The normalized spacial score (nSPS) is 25.6. The van der Waals surface area contributed by atoms with Gasteiger partial charge in [0, 0.05) is 6.61 Å². The van der Waals surface area contributed by atoms with Gasteiger partial charge in [-0.2, -0.15) is 0 Å². The molecule has 94 valence electrons. The number of unbranched alkanes of at least 4 members (excludes halogenated alkanes) is 3. The van der Waals surface area contributed by atoms with Crippen LogP contribution in [0.4, 0.5) is 0 Å². The van der Waals surface area contributed by atoms with Crippen LogP contribution in [-0.4, -0.2) is 22.8 Å². The minimum atomic E-state index is -0.610. The lowest BCUT2D eigenvalue weighted by Crippen LogP contribution is -2.21. The molecule has 0 unspecified atom stereocenters. The van der Waals surface area contributed by atoms with Crippen LogP contribution in [0.25, 0.3) is 0 Å². The molecule has 0 aliphatic heterocycles. The summed E-state index contributed by atoms with van der Waals surface area (Å²) in [5, 5.41) is 17.5. The quantitative estimate of drug-likeness (QED) is 0.659. The second-order valence-corrected chi connectivity index (χ2v) is 4.98. The molecule has 2 N–H and O–H groups in total. The molecule has 1 aliphatic rings. The van der Waals surface area contributed by atoms with Crippen LogP contribution in [0.5, 0.6) is 0 Å². The van der Waals surface area contributed by atoms with Gasteiger partial charge >= 0.3 is 5.97 Å². The number of carboxylic acid groups (broad SMARTS) is 1. The van der Waals surface area contributed by atoms with Crippen molar-refractivity contribution in [1.29, 1.82) is 0 Å². The Morgan fingerprint density at radius 3 is 2.19 bits per heavy atom. The van der Waals surface area contributed by atoms with Gasteiger partial charge in [-0.25, -0.2) is 0 Å². The molecular weight excluding hydrogens is 204 g/mol. The number of aliphatic hydroxyl groups excluding tert-OH is 1. The largest absolute Gasteiger partial charge is 0.481 e. The Morgan fingerprint density at radius 2 is 1.62 bits per heavy atom. The number of aliphatic hydroxyl groups is 1. The molecule has 0 heterocycles. The summed E-state index contributed by atoms with van der Waals surface area (Å²) in [5.41, 5.74) is 0. The van der Waals surface area contributed by atoms with Crippen LogP contribution in [-0.2, 0) is 4.79 Å². The van der Waals surface area contributed by atoms with Gasteiger partial charge in [-0.15, -0.1) is 0 Å². The summed E-state index contributed by atoms with van der Waals surface area (Å²) in [5.74, 6) is 0.0664. The molecular formula is C13H24O3. The predicted molar refractivity (Wildman–Crippen MR) is 63.3 cm³/mol. The Balaban J connectivity index is 2.02. The smallest absolute Gasteiger partial charge is 0.306 e. The molecule has 3 heteroatoms. The highest BCUT2D eigenvalue weighted by Crippen LogP contribution is 2.32. The van der Waals surface area contributed by atoms with Crippen LogP contribution in [0.15, 0.2) is 0 Å². The van der Waals surface area contributed by atoms with E-state index in [1.807, 2.05) is 0 Å². The van der Waals surface area contributed by atoms with E-state index >= 15 is 0 Å². The zero-order valence-electron chi connectivity index (χ0n) is 10.0. The van der Waals surface area contributed by atoms with Crippen molar-refractivity contribution in [1.82, 2.24) is 0 Å². The van der Waals surface area contributed by atoms with Crippen LogP contribution in [0, 0.1) is 11.8 Å². The fraction of sp³-hybridized carbons (Fsp3) is 0.923. The van der Waals surface area contributed by atoms with Crippen molar-refractivity contribution in [3.63, 3.8) is 0 Å². The van der Waals surface area contributed by atoms with Gasteiger partial charge in [0.15, 0.2) is 0 Å². The molecule has 1 rings (SSSR count). The fourth-order valence-corrected chi connectivity index (χ4v) is 2.60. The van der Waals surface area contributed by atoms with Crippen molar-refractivity contribution in [2.45, 2.75) is 57.8 Å². The van der Waals surface area contributed by atoms with E-state index in [0.717, 1.165) is 44.4 Å². The average molecular weight is 228 g/mol. The van der Waals surface area contributed by atoms with E-state index in [1.165, 1.54) is 19.3 Å². The molecule has 0 aromatic carbocycles. The number of rotatable bonds is 7. The van der Waals surface area contributed by atoms with E-state index in [1.54, 1.807) is 0 Å². The lowest BCUT2D eigenvalue weighted by Gasteiger charge is -2.25. The van der Waals surface area contributed by atoms with Crippen molar-refractivity contribution in [3.05, 3.63) is 0 Å². The predicted octanol–water partition coefficient (Wildman–Crippen LogP) is 2.82. The number of aliphatic carboxylic acids is 1. The fourth-order valence-electron chi connectivity index (χ4n) is 2.60. The highest BCUT2D eigenvalue weighted by atomic mass is 16.4. The molecule has 3 nitrogen and oxygen atoms in total. The van der Waals surface area contributed by atoms with Crippen molar-refractivity contribution in [2.75, 3.05) is 6.61 Å². The number of hydrogen-bond donors (Lipinski definition) is 2. The maximum Gasteiger partial charge on any atom is 0.306 e. The van der Waals surface area contributed by atoms with Crippen LogP contribution < -0.4 is 0 Å². The van der Waals surface area contributed by atoms with Crippen LogP contribution in [0.2, 0.25) is 0 Å². The van der Waals surface area contributed by atoms with Gasteiger partial charge in [-0.3, -0.25) is 4.79 Å². The first-order valence-corrected chi connectivity index (χ1v) is 6.57. The van der Waals surface area contributed by atoms with Crippen molar-refractivity contribution >= 4 is 5.97 Å². The minimum Gasteiger partial charge on any atom is -0.481 e. The molecule has 0 spiro atoms. The van der Waals surface area contributed by atoms with E-state index in [9.17, 15) is 4.79 Å². The average Bonchev–Trinajstić information content (AvgIpc) is 2.29. The maximum atomic E-state index is 10.8. The number of hydrogen-bond acceptors (Lipinski definition) is 2. The first-order valence-electron chi connectivity index (χ1n) is 6.57. The Labute approximate surface area is 97.9 Å². The Hall–Kier alpha value is -0.570. The summed E-state index contributed by atoms with van der Waals surface area (Å²) in [6.07, 6.45) is 9.67. The van der Waals surface area contributed by atoms with E-state index in [2.05, 4.69) is 0 Å². The highest BCUT2D eigenvalue weighted by Gasteiger charge is 2.25. The molecule has 0 radical (unpaired) electrons. The Morgan fingerprint density at radius 1 is 1.00 bits per heavy atom. The van der Waals surface area contributed by atoms with Crippen LogP contribution in [0.1, 0.15) is 57.8 Å². The minimum absolute atomic E-state index is 0.0781. The lowest BCUT2D eigenvalue weighted by molar-refractivity contribution is -0.143. The molecule has 0 atom stereocenters. The number of carboxylic acids is 1. The molecule has 0 amide bonds. The lowest BCUT2D eigenvalue weighted by atomic mass is 9.80. The third kappa shape index (κ3) is 4.97. The third-order valence-electron chi connectivity index (χ3n) is 3.72. The highest BCUT2D eigenvalue weighted by molar-refractivity contribution is 5.69. The van der Waals surface area contributed by atoms with Gasteiger partial charge in [0.05, 0.1) is 5.92 Å². The molecule has 1 aliphatic carbocycles. The zero-order valence-corrected chi connectivity index (χ0v) is 10.0. The van der Waals surface area contributed by atoms with Gasteiger partial charge < -0.3 is 10.2 Å². The van der Waals surface area contributed by atoms with E-state index in [4.69, 9.17) is 10.2 Å². The Kier molecular flexibility index (Phi) is 6.46. The van der Waals surface area contributed by atoms with Crippen molar-refractivity contribution in [3.8, 4) is 0 Å². The zero-order chi connectivity index (χ0) is 11.8. The second-order valence-electron chi connectivity index (χ2n) is 4.98. The SMILES string of the molecule is O=C(O)C1CCC(CCCCCCO)CC1. The monoisotopic (exact) mass is 228 g/mol. The first-order chi connectivity index (χ1) is 7.74. The summed E-state index contributed by atoms with van der Waals surface area (Å²) in [6, 6.07) is 0. The van der Waals surface area contributed by atoms with Crippen LogP contribution >= 0.6 is 0 Å². The molecule has 0 aromatic heterocycles. The van der Waals surface area contributed by atoms with Gasteiger partial charge in [0.2, 0.25) is 0 Å². The van der Waals surface area contributed by atoms with Gasteiger partial charge in [0.1, 0.15) is 0 Å². The molecule has 16 heavy (non-hydrogen) atoms. The third-order valence-corrected chi connectivity index (χ3v) is 3.72. The molecule has 1 fully saturated rings. The van der Waals surface area contributed by atoms with E-state index < -0.39 is 5.97 Å². The molecule has 1 saturated carbocycles. The summed E-state index contributed by atoms with van der Waals surface area (Å²) < 4.78 is 0. The van der Waals surface area contributed by atoms with E-state index in [0.29, 0.717) is 6.61 Å². The second kappa shape index (κ2) is 7.66. The summed E-state index contributed by atoms with van der Waals surface area (Å²) in [4.78, 5) is 10.8. The molecule has 0 bridgehead atoms. The van der Waals surface area contributed by atoms with E-state index in [-0.39, 0.29) is 5.92 Å². The van der Waals surface area contributed by atoms with Gasteiger partial charge in [0.25, 0.3) is 0 Å². The summed E-state index contributed by atoms with van der Waals surface area (Å²) in [6.45, 7) is 0.309. The Bertz CT molecular complexity index is 195.